The van der Waals surface area contributed by atoms with E-state index in [0.29, 0.717) is 11.1 Å². The Morgan fingerprint density at radius 2 is 1.86 bits per heavy atom. The average molecular weight is 424 g/mol. The lowest BCUT2D eigenvalue weighted by Crippen LogP contribution is -2.20. The second-order valence-corrected chi connectivity index (χ2v) is 8.88. The molecule has 1 heterocycles. The minimum absolute atomic E-state index is 0. The summed E-state index contributed by atoms with van der Waals surface area (Å²) in [5.41, 5.74) is 3.85. The summed E-state index contributed by atoms with van der Waals surface area (Å²) in [5.74, 6) is 3.24. The van der Waals surface area contributed by atoms with E-state index in [1.165, 1.54) is 48.3 Å². The van der Waals surface area contributed by atoms with Crippen molar-refractivity contribution in [2.45, 2.75) is 65.7 Å². The smallest absolute Gasteiger partial charge is 0.298 e. The summed E-state index contributed by atoms with van der Waals surface area (Å²) in [4.78, 5) is 7.04. The van der Waals surface area contributed by atoms with Crippen LogP contribution < -0.4 is 4.74 Å². The van der Waals surface area contributed by atoms with E-state index in [1.807, 2.05) is 0 Å². The summed E-state index contributed by atoms with van der Waals surface area (Å²) in [6.45, 7) is 11.0. The van der Waals surface area contributed by atoms with Crippen molar-refractivity contribution >= 4 is 23.9 Å². The summed E-state index contributed by atoms with van der Waals surface area (Å²) >= 11 is 1.38. The van der Waals surface area contributed by atoms with Crippen molar-refractivity contribution in [2.75, 3.05) is 20.1 Å². The van der Waals surface area contributed by atoms with Crippen LogP contribution in [-0.2, 0) is 6.42 Å². The molecule has 0 N–H and O–H groups in total. The Morgan fingerprint density at radius 1 is 1.14 bits per heavy atom. The topological polar surface area (TPSA) is 38.2 Å². The molecular formula is C22H34ClN3OS. The molecule has 3 rings (SSSR count). The minimum atomic E-state index is 0. The van der Waals surface area contributed by atoms with Crippen LogP contribution in [0.15, 0.2) is 12.1 Å². The number of benzene rings is 1. The van der Waals surface area contributed by atoms with Gasteiger partial charge in [-0.25, -0.2) is 0 Å². The first-order valence-electron chi connectivity index (χ1n) is 10.3. The molecule has 0 unspecified atom stereocenters. The van der Waals surface area contributed by atoms with Gasteiger partial charge in [-0.05, 0) is 75.4 Å². The van der Waals surface area contributed by atoms with E-state index >= 15 is 0 Å². The molecule has 0 radical (unpaired) electrons. The van der Waals surface area contributed by atoms with Crippen LogP contribution in [0.2, 0.25) is 0 Å². The summed E-state index contributed by atoms with van der Waals surface area (Å²) in [6, 6.07) is 4.42. The van der Waals surface area contributed by atoms with Crippen LogP contribution in [0.25, 0.3) is 0 Å². The van der Waals surface area contributed by atoms with Crippen molar-refractivity contribution in [2.24, 2.45) is 5.92 Å². The highest BCUT2D eigenvalue weighted by molar-refractivity contribution is 7.07. The predicted molar refractivity (Wildman–Crippen MR) is 120 cm³/mol. The Hall–Kier alpha value is -1.17. The largest absolute Gasteiger partial charge is 0.430 e. The maximum absolute atomic E-state index is 6.12. The zero-order valence-electron chi connectivity index (χ0n) is 17.8. The second kappa shape index (κ2) is 10.6. The Kier molecular flexibility index (Phi) is 8.72. The van der Waals surface area contributed by atoms with Gasteiger partial charge < -0.3 is 9.64 Å². The van der Waals surface area contributed by atoms with Gasteiger partial charge in [-0.15, -0.1) is 12.4 Å². The van der Waals surface area contributed by atoms with Crippen molar-refractivity contribution in [3.63, 3.8) is 0 Å². The van der Waals surface area contributed by atoms with Gasteiger partial charge in [0.1, 0.15) is 11.6 Å². The van der Waals surface area contributed by atoms with E-state index in [-0.39, 0.29) is 12.4 Å². The number of rotatable bonds is 7. The normalized spacial score (nSPS) is 19.5. The van der Waals surface area contributed by atoms with Crippen molar-refractivity contribution in [1.82, 2.24) is 14.3 Å². The van der Waals surface area contributed by atoms with Crippen LogP contribution >= 0.6 is 23.9 Å². The lowest BCUT2D eigenvalue weighted by atomic mass is 9.83. The molecule has 156 valence electrons. The third-order valence-corrected chi connectivity index (χ3v) is 6.55. The third-order valence-electron chi connectivity index (χ3n) is 5.94. The molecule has 1 fully saturated rings. The number of likely N-dealkylation sites (N-methyl/N-ethyl adjacent to an activating group) is 1. The number of hydrogen-bond donors (Lipinski definition) is 0. The zero-order chi connectivity index (χ0) is 19.4. The van der Waals surface area contributed by atoms with Gasteiger partial charge in [0, 0.05) is 24.0 Å². The molecule has 0 amide bonds. The third kappa shape index (κ3) is 5.91. The Morgan fingerprint density at radius 3 is 2.54 bits per heavy atom. The van der Waals surface area contributed by atoms with Gasteiger partial charge in [0.15, 0.2) is 0 Å². The van der Waals surface area contributed by atoms with Crippen LogP contribution in [0, 0.1) is 19.8 Å². The molecular weight excluding hydrogens is 390 g/mol. The highest BCUT2D eigenvalue weighted by Crippen LogP contribution is 2.36. The predicted octanol–water partition coefficient (Wildman–Crippen LogP) is 6.16. The molecule has 4 nitrogen and oxygen atoms in total. The average Bonchev–Trinajstić information content (AvgIpc) is 3.12. The Bertz CT molecular complexity index is 756. The molecule has 0 atom stereocenters. The fraction of sp³-hybridized carbons (Fsp3) is 0.636. The Balaban J connectivity index is 0.00000280. The Labute approximate surface area is 180 Å². The lowest BCUT2D eigenvalue weighted by Gasteiger charge is -2.23. The van der Waals surface area contributed by atoms with Crippen molar-refractivity contribution in [1.29, 1.82) is 0 Å². The lowest BCUT2D eigenvalue weighted by molar-refractivity contribution is 0.340. The number of nitrogens with zero attached hydrogens (tertiary/aromatic N) is 3. The van der Waals surface area contributed by atoms with E-state index in [9.17, 15) is 0 Å². The van der Waals surface area contributed by atoms with Crippen LogP contribution in [0.4, 0.5) is 0 Å². The van der Waals surface area contributed by atoms with Crippen LogP contribution in [0.1, 0.15) is 68.0 Å². The number of ether oxygens (including phenoxy) is 1. The standard InChI is InChI=1S/C22H33N3OS.ClH/c1-6-25(5)12-11-19-13-17(4)20(14-16(19)3)26-22-23-21(24-27-22)18-9-7-15(2)8-10-18;/h13-15,18H,6-12H2,1-5H3;1H. The van der Waals surface area contributed by atoms with Crippen LogP contribution in [0.3, 0.4) is 0 Å². The first-order valence-corrected chi connectivity index (χ1v) is 11.0. The first-order chi connectivity index (χ1) is 13.0. The molecule has 6 heteroatoms. The summed E-state index contributed by atoms with van der Waals surface area (Å²) in [6.07, 6.45) is 6.05. The van der Waals surface area contributed by atoms with Gasteiger partial charge >= 0.3 is 0 Å². The van der Waals surface area contributed by atoms with E-state index in [4.69, 9.17) is 9.72 Å². The zero-order valence-corrected chi connectivity index (χ0v) is 19.5. The summed E-state index contributed by atoms with van der Waals surface area (Å²) in [7, 11) is 2.17. The molecule has 1 aromatic carbocycles. The van der Waals surface area contributed by atoms with Gasteiger partial charge in [-0.1, -0.05) is 32.8 Å². The number of aryl methyl sites for hydroxylation is 2. The van der Waals surface area contributed by atoms with Crippen molar-refractivity contribution in [3.8, 4) is 10.9 Å². The molecule has 1 aromatic heterocycles. The summed E-state index contributed by atoms with van der Waals surface area (Å²) in [5, 5.41) is 0.671. The van der Waals surface area contributed by atoms with Gasteiger partial charge in [-0.2, -0.15) is 9.36 Å². The molecule has 0 saturated heterocycles. The number of halogens is 1. The molecule has 0 bridgehead atoms. The quantitative estimate of drug-likeness (QED) is 0.534. The SMILES string of the molecule is CCN(C)CCc1cc(C)c(Oc2nc(C3CCC(C)CC3)ns2)cc1C.Cl. The molecule has 0 aliphatic heterocycles. The highest BCUT2D eigenvalue weighted by atomic mass is 35.5. The van der Waals surface area contributed by atoms with Gasteiger partial charge in [-0.3, -0.25) is 0 Å². The van der Waals surface area contributed by atoms with Gasteiger partial charge in [0.2, 0.25) is 0 Å². The maximum Gasteiger partial charge on any atom is 0.298 e. The molecule has 28 heavy (non-hydrogen) atoms. The molecule has 1 saturated carbocycles. The van der Waals surface area contributed by atoms with E-state index < -0.39 is 0 Å². The fourth-order valence-electron chi connectivity index (χ4n) is 3.74. The fourth-order valence-corrected chi connectivity index (χ4v) is 4.36. The molecule has 1 aliphatic carbocycles. The van der Waals surface area contributed by atoms with E-state index in [2.05, 4.69) is 56.1 Å². The van der Waals surface area contributed by atoms with Crippen molar-refractivity contribution in [3.05, 3.63) is 34.6 Å². The van der Waals surface area contributed by atoms with Gasteiger partial charge in [0.05, 0.1) is 0 Å². The molecule has 0 spiro atoms. The van der Waals surface area contributed by atoms with Crippen LogP contribution in [-0.4, -0.2) is 34.4 Å². The highest BCUT2D eigenvalue weighted by Gasteiger charge is 2.23. The monoisotopic (exact) mass is 423 g/mol. The van der Waals surface area contributed by atoms with Gasteiger partial charge in [0.25, 0.3) is 5.19 Å². The molecule has 1 aliphatic rings. The van der Waals surface area contributed by atoms with E-state index in [0.717, 1.165) is 42.6 Å². The number of aromatic nitrogens is 2. The van der Waals surface area contributed by atoms with E-state index in [1.54, 1.807) is 0 Å². The second-order valence-electron chi connectivity index (χ2n) is 8.17. The van der Waals surface area contributed by atoms with Crippen molar-refractivity contribution < 1.29 is 4.74 Å². The molecule has 2 aromatic rings. The minimum Gasteiger partial charge on any atom is -0.430 e. The maximum atomic E-state index is 6.12. The van der Waals surface area contributed by atoms with Crippen LogP contribution in [0.5, 0.6) is 10.9 Å². The summed E-state index contributed by atoms with van der Waals surface area (Å²) < 4.78 is 10.7. The first kappa shape index (κ1) is 23.1. The number of hydrogen-bond acceptors (Lipinski definition) is 5.